The van der Waals surface area contributed by atoms with Crippen LogP contribution in [0.15, 0.2) is 21.8 Å². The van der Waals surface area contributed by atoms with Gasteiger partial charge in [0.1, 0.15) is 15.9 Å². The third-order valence-electron chi connectivity index (χ3n) is 2.02. The fraction of sp³-hybridized carbons (Fsp3) is 0.125. The Balaban J connectivity index is 2.74. The number of fused-ring (bicyclic) bond motifs is 1. The van der Waals surface area contributed by atoms with Crippen molar-refractivity contribution in [1.29, 1.82) is 0 Å². The molecule has 0 aliphatic rings. The zero-order chi connectivity index (χ0) is 13.5. The minimum atomic E-state index is -4.04. The average Bonchev–Trinajstić information content (AvgIpc) is 2.57. The summed E-state index contributed by atoms with van der Waals surface area (Å²) in [5.41, 5.74) is -0.0566. The van der Waals surface area contributed by atoms with Crippen LogP contribution in [0, 0.1) is 0 Å². The monoisotopic (exact) mass is 360 g/mol. The van der Waals surface area contributed by atoms with Crippen molar-refractivity contribution < 1.29 is 21.9 Å². The Morgan fingerprint density at radius 1 is 1.44 bits per heavy atom. The van der Waals surface area contributed by atoms with E-state index < -0.39 is 15.7 Å². The molecule has 10 heteroatoms. The molecule has 0 bridgehead atoms. The highest BCUT2D eigenvalue weighted by Gasteiger charge is 2.21. The average molecular weight is 362 g/mol. The second kappa shape index (κ2) is 4.63. The normalized spacial score (nSPS) is 12.3. The van der Waals surface area contributed by atoms with Crippen LogP contribution in [0.4, 0.5) is 8.78 Å². The molecule has 0 atom stereocenters. The van der Waals surface area contributed by atoms with E-state index in [-0.39, 0.29) is 26.4 Å². The number of rotatable bonds is 3. The van der Waals surface area contributed by atoms with Gasteiger partial charge in [-0.25, -0.2) is 13.4 Å². The minimum Gasteiger partial charge on any atom is -0.433 e. The van der Waals surface area contributed by atoms with Crippen molar-refractivity contribution in [2.24, 2.45) is 0 Å². The number of benzene rings is 1. The van der Waals surface area contributed by atoms with Gasteiger partial charge in [-0.1, -0.05) is 0 Å². The summed E-state index contributed by atoms with van der Waals surface area (Å²) in [5, 5.41) is 0. The molecule has 0 fully saturated rings. The molecule has 0 radical (unpaired) electrons. The van der Waals surface area contributed by atoms with E-state index in [1.165, 1.54) is 0 Å². The van der Waals surface area contributed by atoms with Gasteiger partial charge in [-0.15, -0.1) is 0 Å². The standard InChI is InChI=1S/C8H4BrClF2N2O3S/c9-7-13-5-3(17-8(11)12)1-2-4(6(5)14-7)18(10,15)16/h1-2,8H,(H,13,14). The molecule has 0 unspecified atom stereocenters. The van der Waals surface area contributed by atoms with Gasteiger partial charge in [0.15, 0.2) is 10.5 Å². The number of nitrogens with one attached hydrogen (secondary N) is 1. The highest BCUT2D eigenvalue weighted by molar-refractivity contribution is 9.10. The van der Waals surface area contributed by atoms with Crippen molar-refractivity contribution in [1.82, 2.24) is 9.97 Å². The number of halogens is 4. The van der Waals surface area contributed by atoms with Crippen molar-refractivity contribution in [2.75, 3.05) is 0 Å². The van der Waals surface area contributed by atoms with Crippen LogP contribution in [0.3, 0.4) is 0 Å². The Bertz CT molecular complexity index is 704. The van der Waals surface area contributed by atoms with Crippen LogP contribution in [0.25, 0.3) is 11.0 Å². The summed E-state index contributed by atoms with van der Waals surface area (Å²) in [5.74, 6) is -0.220. The maximum absolute atomic E-state index is 12.2. The third-order valence-corrected chi connectivity index (χ3v) is 3.75. The van der Waals surface area contributed by atoms with Crippen LogP contribution in [-0.2, 0) is 9.05 Å². The smallest absolute Gasteiger partial charge is 0.387 e. The molecule has 2 rings (SSSR count). The Morgan fingerprint density at radius 3 is 2.67 bits per heavy atom. The van der Waals surface area contributed by atoms with E-state index >= 15 is 0 Å². The van der Waals surface area contributed by atoms with E-state index in [4.69, 9.17) is 10.7 Å². The summed E-state index contributed by atoms with van der Waals surface area (Å²) in [4.78, 5) is 6.10. The first-order valence-corrected chi connectivity index (χ1v) is 7.47. The van der Waals surface area contributed by atoms with Gasteiger partial charge < -0.3 is 9.72 Å². The lowest BCUT2D eigenvalue weighted by Crippen LogP contribution is -2.03. The highest BCUT2D eigenvalue weighted by Crippen LogP contribution is 2.32. The first kappa shape index (κ1) is 13.5. The maximum atomic E-state index is 12.2. The molecule has 2 aromatic rings. The van der Waals surface area contributed by atoms with Crippen LogP contribution in [-0.4, -0.2) is 25.0 Å². The van der Waals surface area contributed by atoms with Gasteiger partial charge in [-0.3, -0.25) is 0 Å². The summed E-state index contributed by atoms with van der Waals surface area (Å²) < 4.78 is 51.4. The van der Waals surface area contributed by atoms with Crippen LogP contribution in [0.1, 0.15) is 0 Å². The largest absolute Gasteiger partial charge is 0.433 e. The van der Waals surface area contributed by atoms with Gasteiger partial charge in [0.2, 0.25) is 0 Å². The van der Waals surface area contributed by atoms with E-state index in [0.29, 0.717) is 0 Å². The zero-order valence-corrected chi connectivity index (χ0v) is 11.5. The molecular weight excluding hydrogens is 358 g/mol. The molecule has 18 heavy (non-hydrogen) atoms. The Morgan fingerprint density at radius 2 is 2.11 bits per heavy atom. The molecule has 0 aliphatic carbocycles. The quantitative estimate of drug-likeness (QED) is 0.853. The molecule has 0 saturated heterocycles. The number of imidazole rings is 1. The first-order valence-electron chi connectivity index (χ1n) is 4.36. The second-order valence-corrected chi connectivity index (χ2v) is 6.41. The third kappa shape index (κ3) is 2.57. The SMILES string of the molecule is O=S(=O)(Cl)c1ccc(OC(F)F)c2[nH]c(Br)nc12. The maximum Gasteiger partial charge on any atom is 0.387 e. The van der Waals surface area contributed by atoms with Gasteiger partial charge in [0.25, 0.3) is 9.05 Å². The summed E-state index contributed by atoms with van der Waals surface area (Å²) in [6.07, 6.45) is 0. The van der Waals surface area contributed by atoms with E-state index in [9.17, 15) is 17.2 Å². The first-order chi connectivity index (χ1) is 8.29. The van der Waals surface area contributed by atoms with Crippen molar-refractivity contribution in [3.8, 4) is 5.75 Å². The summed E-state index contributed by atoms with van der Waals surface area (Å²) in [6.45, 7) is -3.03. The molecule has 1 N–H and O–H groups in total. The molecule has 0 amide bonds. The van der Waals surface area contributed by atoms with Crippen molar-refractivity contribution >= 4 is 46.7 Å². The summed E-state index contributed by atoms with van der Waals surface area (Å²) in [7, 11) is 1.18. The molecule has 0 saturated carbocycles. The Labute approximate surface area is 113 Å². The number of hydrogen-bond donors (Lipinski definition) is 1. The number of H-pyrrole nitrogens is 1. The number of aromatic nitrogens is 2. The fourth-order valence-corrected chi connectivity index (χ4v) is 2.76. The summed E-state index contributed by atoms with van der Waals surface area (Å²) >= 11 is 2.98. The van der Waals surface area contributed by atoms with Gasteiger partial charge in [-0.2, -0.15) is 8.78 Å². The van der Waals surface area contributed by atoms with Crippen molar-refractivity contribution in [3.05, 3.63) is 16.9 Å². The van der Waals surface area contributed by atoms with E-state index in [1.807, 2.05) is 0 Å². The molecule has 1 aromatic heterocycles. The molecule has 1 heterocycles. The van der Waals surface area contributed by atoms with E-state index in [1.54, 1.807) is 0 Å². The van der Waals surface area contributed by atoms with Crippen molar-refractivity contribution in [2.45, 2.75) is 11.5 Å². The fourth-order valence-electron chi connectivity index (χ4n) is 1.41. The number of nitrogens with zero attached hydrogens (tertiary/aromatic N) is 1. The number of alkyl halides is 2. The van der Waals surface area contributed by atoms with Crippen molar-refractivity contribution in [3.63, 3.8) is 0 Å². The second-order valence-electron chi connectivity index (χ2n) is 3.13. The molecule has 0 spiro atoms. The molecule has 98 valence electrons. The number of aromatic amines is 1. The van der Waals surface area contributed by atoms with E-state index in [2.05, 4.69) is 30.6 Å². The number of ether oxygens (including phenoxy) is 1. The molecule has 0 aliphatic heterocycles. The Hall–Kier alpha value is -0.930. The van der Waals surface area contributed by atoms with Crippen LogP contribution >= 0.6 is 26.6 Å². The van der Waals surface area contributed by atoms with Gasteiger partial charge >= 0.3 is 6.61 Å². The lowest BCUT2D eigenvalue weighted by atomic mass is 10.3. The van der Waals surface area contributed by atoms with Crippen LogP contribution in [0.2, 0.25) is 0 Å². The summed E-state index contributed by atoms with van der Waals surface area (Å²) in [6, 6.07) is 2.13. The zero-order valence-electron chi connectivity index (χ0n) is 8.32. The predicted molar refractivity (Wildman–Crippen MR) is 63.5 cm³/mol. The van der Waals surface area contributed by atoms with Gasteiger partial charge in [0, 0.05) is 10.7 Å². The Kier molecular flexibility index (Phi) is 3.47. The van der Waals surface area contributed by atoms with E-state index in [0.717, 1.165) is 12.1 Å². The predicted octanol–water partition coefficient (Wildman–Crippen LogP) is 2.85. The van der Waals surface area contributed by atoms with Crippen LogP contribution in [0.5, 0.6) is 5.75 Å². The molecule has 1 aromatic carbocycles. The molecule has 5 nitrogen and oxygen atoms in total. The van der Waals surface area contributed by atoms with Gasteiger partial charge in [0.05, 0.1) is 0 Å². The van der Waals surface area contributed by atoms with Crippen LogP contribution < -0.4 is 4.74 Å². The van der Waals surface area contributed by atoms with Gasteiger partial charge in [-0.05, 0) is 28.1 Å². The molecular formula is C8H4BrClF2N2O3S. The lowest BCUT2D eigenvalue weighted by molar-refractivity contribution is -0.0489. The lowest BCUT2D eigenvalue weighted by Gasteiger charge is -2.06. The topological polar surface area (TPSA) is 72.1 Å². The minimum absolute atomic E-state index is 0.0175. The number of hydrogen-bond acceptors (Lipinski definition) is 4. The highest BCUT2D eigenvalue weighted by atomic mass is 79.9.